The fraction of sp³-hybridized carbons (Fsp3) is 0.852. The first-order chi connectivity index (χ1) is 13.3. The Hall–Kier alpha value is -0.560. The van der Waals surface area contributed by atoms with E-state index in [-0.39, 0.29) is 6.10 Å². The predicted octanol–water partition coefficient (Wildman–Crippen LogP) is 7.16. The van der Waals surface area contributed by atoms with E-state index in [1.165, 1.54) is 56.9 Å². The summed E-state index contributed by atoms with van der Waals surface area (Å²) in [5.74, 6) is 5.10. The molecule has 0 bridgehead atoms. The summed E-state index contributed by atoms with van der Waals surface area (Å²) in [6.07, 6.45) is 19.0. The Labute approximate surface area is 174 Å². The molecule has 1 N–H and O–H groups in total. The molecule has 0 amide bonds. The molecule has 1 unspecified atom stereocenters. The average molecular weight is 385 g/mol. The maximum atomic E-state index is 10.1. The standard InChI is InChI=1S/C27H44O/c1-18(2)7-6-8-19(3)23-11-12-24-22-10-9-20-17-21(28)13-15-26(20,4)25(22)14-16-27(23,24)5/h9-10,17-19,21-25,28H,6-8,11-16H2,1-5H3/t19?,21-,22-,23+,24+,25-,26-,27+/m0/s1. The van der Waals surface area contributed by atoms with Gasteiger partial charge in [-0.05, 0) is 90.4 Å². The number of hydrogen-bond acceptors (Lipinski definition) is 1. The highest BCUT2D eigenvalue weighted by Gasteiger charge is 2.58. The van der Waals surface area contributed by atoms with Crippen molar-refractivity contribution in [2.24, 2.45) is 46.3 Å². The summed E-state index contributed by atoms with van der Waals surface area (Å²) < 4.78 is 0. The van der Waals surface area contributed by atoms with Crippen molar-refractivity contribution in [3.8, 4) is 0 Å². The van der Waals surface area contributed by atoms with E-state index in [9.17, 15) is 5.11 Å². The van der Waals surface area contributed by atoms with Crippen LogP contribution in [0.2, 0.25) is 0 Å². The highest BCUT2D eigenvalue weighted by molar-refractivity contribution is 5.36. The van der Waals surface area contributed by atoms with Gasteiger partial charge in [0.2, 0.25) is 0 Å². The molecule has 28 heavy (non-hydrogen) atoms. The van der Waals surface area contributed by atoms with Gasteiger partial charge in [-0.25, -0.2) is 0 Å². The maximum Gasteiger partial charge on any atom is 0.0727 e. The van der Waals surface area contributed by atoms with Crippen molar-refractivity contribution in [1.82, 2.24) is 0 Å². The van der Waals surface area contributed by atoms with Crippen LogP contribution in [0, 0.1) is 46.3 Å². The van der Waals surface area contributed by atoms with Gasteiger partial charge in [-0.1, -0.05) is 72.1 Å². The molecule has 2 fully saturated rings. The van der Waals surface area contributed by atoms with Crippen LogP contribution in [-0.4, -0.2) is 11.2 Å². The van der Waals surface area contributed by atoms with Gasteiger partial charge >= 0.3 is 0 Å². The molecule has 0 radical (unpaired) electrons. The van der Waals surface area contributed by atoms with Crippen LogP contribution in [0.15, 0.2) is 23.8 Å². The zero-order chi connectivity index (χ0) is 20.1. The quantitative estimate of drug-likeness (QED) is 0.533. The van der Waals surface area contributed by atoms with E-state index in [1.54, 1.807) is 0 Å². The summed E-state index contributed by atoms with van der Waals surface area (Å²) >= 11 is 0. The van der Waals surface area contributed by atoms with Gasteiger partial charge in [-0.3, -0.25) is 0 Å². The van der Waals surface area contributed by atoms with Gasteiger partial charge in [0.1, 0.15) is 0 Å². The van der Waals surface area contributed by atoms with Gasteiger partial charge in [0.25, 0.3) is 0 Å². The lowest BCUT2D eigenvalue weighted by molar-refractivity contribution is -0.0300. The topological polar surface area (TPSA) is 20.2 Å². The second-order valence-corrected chi connectivity index (χ2v) is 11.8. The number of aliphatic hydroxyl groups is 1. The van der Waals surface area contributed by atoms with Gasteiger partial charge in [0.05, 0.1) is 6.10 Å². The Morgan fingerprint density at radius 2 is 1.79 bits per heavy atom. The highest BCUT2D eigenvalue weighted by Crippen LogP contribution is 2.66. The molecule has 4 aliphatic carbocycles. The van der Waals surface area contributed by atoms with E-state index >= 15 is 0 Å². The molecule has 0 saturated heterocycles. The maximum absolute atomic E-state index is 10.1. The zero-order valence-electron chi connectivity index (χ0n) is 19.1. The molecular weight excluding hydrogens is 340 g/mol. The monoisotopic (exact) mass is 384 g/mol. The molecule has 1 nitrogen and oxygen atoms in total. The molecular formula is C27H44O. The summed E-state index contributed by atoms with van der Waals surface area (Å²) in [5, 5.41) is 10.1. The Kier molecular flexibility index (Phi) is 5.62. The van der Waals surface area contributed by atoms with Crippen molar-refractivity contribution in [3.63, 3.8) is 0 Å². The minimum Gasteiger partial charge on any atom is -0.389 e. The van der Waals surface area contributed by atoms with Gasteiger partial charge in [0.15, 0.2) is 0 Å². The number of aliphatic hydroxyl groups excluding tert-OH is 1. The van der Waals surface area contributed by atoms with Gasteiger partial charge in [-0.15, -0.1) is 0 Å². The van der Waals surface area contributed by atoms with Crippen LogP contribution in [-0.2, 0) is 0 Å². The summed E-state index contributed by atoms with van der Waals surface area (Å²) in [7, 11) is 0. The third kappa shape index (κ3) is 3.34. The number of allylic oxidation sites excluding steroid dienone is 3. The summed E-state index contributed by atoms with van der Waals surface area (Å²) in [5.41, 5.74) is 2.29. The van der Waals surface area contributed by atoms with E-state index in [0.29, 0.717) is 10.8 Å². The van der Waals surface area contributed by atoms with Crippen LogP contribution in [0.1, 0.15) is 92.4 Å². The molecule has 1 heteroatoms. The van der Waals surface area contributed by atoms with E-state index in [1.807, 2.05) is 0 Å². The van der Waals surface area contributed by atoms with E-state index in [2.05, 4.69) is 52.8 Å². The molecule has 4 aliphatic rings. The molecule has 8 atom stereocenters. The SMILES string of the molecule is CC(C)CCCC(C)[C@H]1CC[C@@H]2[C@@H]3C=CC4=C[C@@H](O)CC[C@]4(C)[C@H]3CC[C@]12C. The molecule has 0 aromatic rings. The zero-order valence-corrected chi connectivity index (χ0v) is 19.1. The summed E-state index contributed by atoms with van der Waals surface area (Å²) in [6, 6.07) is 0. The van der Waals surface area contributed by atoms with Gasteiger partial charge < -0.3 is 5.11 Å². The summed E-state index contributed by atoms with van der Waals surface area (Å²) in [6.45, 7) is 12.5. The first kappa shape index (κ1) is 20.7. The van der Waals surface area contributed by atoms with Crippen LogP contribution in [0.5, 0.6) is 0 Å². The fourth-order valence-corrected chi connectivity index (χ4v) is 8.16. The molecule has 158 valence electrons. The Bertz CT molecular complexity index is 630. The lowest BCUT2D eigenvalue weighted by atomic mass is 9.48. The number of hydrogen-bond donors (Lipinski definition) is 1. The van der Waals surface area contributed by atoms with Crippen LogP contribution in [0.3, 0.4) is 0 Å². The van der Waals surface area contributed by atoms with Crippen molar-refractivity contribution < 1.29 is 5.11 Å². The molecule has 0 spiro atoms. The van der Waals surface area contributed by atoms with E-state index < -0.39 is 0 Å². The first-order valence-corrected chi connectivity index (χ1v) is 12.3. The Morgan fingerprint density at radius 1 is 1.00 bits per heavy atom. The third-order valence-electron chi connectivity index (χ3n) is 9.84. The minimum atomic E-state index is -0.222. The van der Waals surface area contributed by atoms with Crippen LogP contribution < -0.4 is 0 Å². The van der Waals surface area contributed by atoms with Crippen molar-refractivity contribution in [1.29, 1.82) is 0 Å². The van der Waals surface area contributed by atoms with Gasteiger partial charge in [0, 0.05) is 0 Å². The largest absolute Gasteiger partial charge is 0.389 e. The van der Waals surface area contributed by atoms with E-state index in [4.69, 9.17) is 0 Å². The first-order valence-electron chi connectivity index (χ1n) is 12.3. The molecule has 0 aromatic heterocycles. The number of rotatable bonds is 5. The van der Waals surface area contributed by atoms with Crippen LogP contribution in [0.4, 0.5) is 0 Å². The molecule has 0 heterocycles. The van der Waals surface area contributed by atoms with Crippen LogP contribution in [0.25, 0.3) is 0 Å². The van der Waals surface area contributed by atoms with Crippen molar-refractivity contribution >= 4 is 0 Å². The normalized spacial score (nSPS) is 46.0. The Balaban J connectivity index is 1.52. The molecule has 0 aromatic carbocycles. The van der Waals surface area contributed by atoms with Crippen LogP contribution >= 0.6 is 0 Å². The molecule has 4 rings (SSSR count). The van der Waals surface area contributed by atoms with Crippen molar-refractivity contribution in [3.05, 3.63) is 23.8 Å². The van der Waals surface area contributed by atoms with E-state index in [0.717, 1.165) is 41.9 Å². The fourth-order valence-electron chi connectivity index (χ4n) is 8.16. The second-order valence-electron chi connectivity index (χ2n) is 11.8. The van der Waals surface area contributed by atoms with Crippen molar-refractivity contribution in [2.75, 3.05) is 0 Å². The Morgan fingerprint density at radius 3 is 2.54 bits per heavy atom. The molecule has 0 aliphatic heterocycles. The third-order valence-corrected chi connectivity index (χ3v) is 9.84. The average Bonchev–Trinajstić information content (AvgIpc) is 2.99. The second kappa shape index (κ2) is 7.60. The number of fused-ring (bicyclic) bond motifs is 5. The molecule has 2 saturated carbocycles. The predicted molar refractivity (Wildman–Crippen MR) is 119 cm³/mol. The summed E-state index contributed by atoms with van der Waals surface area (Å²) in [4.78, 5) is 0. The lowest BCUT2D eigenvalue weighted by Gasteiger charge is -2.57. The van der Waals surface area contributed by atoms with Gasteiger partial charge in [-0.2, -0.15) is 0 Å². The van der Waals surface area contributed by atoms with Crippen molar-refractivity contribution in [2.45, 2.75) is 98.5 Å². The highest BCUT2D eigenvalue weighted by atomic mass is 16.3. The lowest BCUT2D eigenvalue weighted by Crippen LogP contribution is -2.49. The minimum absolute atomic E-state index is 0.222. The smallest absolute Gasteiger partial charge is 0.0727 e.